The number of carbonyl (C=O) groups excluding carboxylic acids is 2. The molecular weight excluding hydrogens is 378 g/mol. The lowest BCUT2D eigenvalue weighted by Crippen LogP contribution is -2.46. The maximum absolute atomic E-state index is 12.3. The summed E-state index contributed by atoms with van der Waals surface area (Å²) in [5, 5.41) is 7.85. The minimum Gasteiger partial charge on any atom is -0.344 e. The van der Waals surface area contributed by atoms with E-state index in [2.05, 4.69) is 31.5 Å². The molecule has 2 amide bonds. The van der Waals surface area contributed by atoms with Crippen molar-refractivity contribution in [1.82, 2.24) is 10.3 Å². The summed E-state index contributed by atoms with van der Waals surface area (Å²) >= 11 is 4.75. The van der Waals surface area contributed by atoms with Crippen LogP contribution in [0.2, 0.25) is 0 Å². The van der Waals surface area contributed by atoms with Gasteiger partial charge in [-0.05, 0) is 18.1 Å². The highest BCUT2D eigenvalue weighted by molar-refractivity contribution is 9.10. The zero-order chi connectivity index (χ0) is 17.0. The Kier molecular flexibility index (Phi) is 5.90. The third-order valence-electron chi connectivity index (χ3n) is 3.18. The number of thiazole rings is 1. The van der Waals surface area contributed by atoms with Gasteiger partial charge in [0.1, 0.15) is 6.04 Å². The highest BCUT2D eigenvalue weighted by Gasteiger charge is 2.23. The number of halogens is 1. The Labute approximate surface area is 147 Å². The van der Waals surface area contributed by atoms with Crippen molar-refractivity contribution < 1.29 is 9.59 Å². The summed E-state index contributed by atoms with van der Waals surface area (Å²) in [6.07, 6.45) is 0. The fourth-order valence-electron chi connectivity index (χ4n) is 2.02. The Balaban J connectivity index is 2.10. The molecule has 1 aromatic carbocycles. The quantitative estimate of drug-likeness (QED) is 0.810. The lowest BCUT2D eigenvalue weighted by Gasteiger charge is -2.20. The predicted molar refractivity (Wildman–Crippen MR) is 96.3 cm³/mol. The molecule has 0 saturated carbocycles. The van der Waals surface area contributed by atoms with Crippen LogP contribution in [0.1, 0.15) is 20.8 Å². The standard InChI is InChI=1S/C16H18BrN3O2S/c1-9(2)14(18-10(3)21)15(22)20-16-19-13(8-23-16)11-4-6-12(17)7-5-11/h4-9,14H,1-3H3,(H,18,21)(H,19,20,22)/t14-/m0/s1. The first-order valence-electron chi connectivity index (χ1n) is 7.16. The average Bonchev–Trinajstić information content (AvgIpc) is 2.93. The van der Waals surface area contributed by atoms with Crippen molar-refractivity contribution in [2.75, 3.05) is 5.32 Å². The lowest BCUT2D eigenvalue weighted by atomic mass is 10.0. The topological polar surface area (TPSA) is 71.1 Å². The van der Waals surface area contributed by atoms with Crippen molar-refractivity contribution in [2.45, 2.75) is 26.8 Å². The van der Waals surface area contributed by atoms with Gasteiger partial charge in [0, 0.05) is 22.3 Å². The van der Waals surface area contributed by atoms with E-state index >= 15 is 0 Å². The Bertz CT molecular complexity index is 698. The van der Waals surface area contributed by atoms with Gasteiger partial charge in [-0.25, -0.2) is 4.98 Å². The molecule has 1 heterocycles. The summed E-state index contributed by atoms with van der Waals surface area (Å²) in [5.41, 5.74) is 1.78. The third-order valence-corrected chi connectivity index (χ3v) is 4.47. The van der Waals surface area contributed by atoms with Crippen LogP contribution in [0.3, 0.4) is 0 Å². The van der Waals surface area contributed by atoms with Gasteiger partial charge in [-0.3, -0.25) is 9.59 Å². The number of hydrogen-bond acceptors (Lipinski definition) is 4. The molecule has 0 aliphatic rings. The van der Waals surface area contributed by atoms with Gasteiger partial charge in [0.15, 0.2) is 5.13 Å². The fraction of sp³-hybridized carbons (Fsp3) is 0.312. The summed E-state index contributed by atoms with van der Waals surface area (Å²) in [6, 6.07) is 7.22. The first-order valence-corrected chi connectivity index (χ1v) is 8.83. The number of carbonyl (C=O) groups is 2. The van der Waals surface area contributed by atoms with Crippen LogP contribution in [0.5, 0.6) is 0 Å². The first-order chi connectivity index (χ1) is 10.9. The molecule has 2 rings (SSSR count). The van der Waals surface area contributed by atoms with E-state index in [1.807, 2.05) is 43.5 Å². The molecule has 5 nitrogen and oxygen atoms in total. The number of nitrogens with one attached hydrogen (secondary N) is 2. The molecule has 0 saturated heterocycles. The number of rotatable bonds is 5. The van der Waals surface area contributed by atoms with Crippen LogP contribution in [0, 0.1) is 5.92 Å². The van der Waals surface area contributed by atoms with Crippen molar-refractivity contribution in [3.8, 4) is 11.3 Å². The van der Waals surface area contributed by atoms with Crippen LogP contribution in [-0.4, -0.2) is 22.8 Å². The van der Waals surface area contributed by atoms with Crippen LogP contribution in [0.25, 0.3) is 11.3 Å². The van der Waals surface area contributed by atoms with Gasteiger partial charge in [0.2, 0.25) is 11.8 Å². The molecule has 1 aromatic heterocycles. The molecule has 0 unspecified atom stereocenters. The van der Waals surface area contributed by atoms with E-state index in [1.54, 1.807) is 0 Å². The molecule has 0 aliphatic carbocycles. The maximum atomic E-state index is 12.3. The number of hydrogen-bond donors (Lipinski definition) is 2. The smallest absolute Gasteiger partial charge is 0.248 e. The van der Waals surface area contributed by atoms with Crippen LogP contribution in [0.4, 0.5) is 5.13 Å². The number of aromatic nitrogens is 1. The molecule has 7 heteroatoms. The minimum atomic E-state index is -0.576. The molecule has 2 N–H and O–H groups in total. The summed E-state index contributed by atoms with van der Waals surface area (Å²) in [6.45, 7) is 5.17. The Morgan fingerprint density at radius 3 is 2.43 bits per heavy atom. The summed E-state index contributed by atoms with van der Waals surface area (Å²) in [7, 11) is 0. The van der Waals surface area contributed by atoms with Gasteiger partial charge in [-0.15, -0.1) is 11.3 Å². The molecule has 0 fully saturated rings. The zero-order valence-electron chi connectivity index (χ0n) is 13.1. The maximum Gasteiger partial charge on any atom is 0.248 e. The van der Waals surface area contributed by atoms with E-state index < -0.39 is 6.04 Å². The number of nitrogens with zero attached hydrogens (tertiary/aromatic N) is 1. The number of anilines is 1. The average molecular weight is 396 g/mol. The van der Waals surface area contributed by atoms with Gasteiger partial charge in [0.25, 0.3) is 0 Å². The van der Waals surface area contributed by atoms with Gasteiger partial charge in [-0.2, -0.15) is 0 Å². The van der Waals surface area contributed by atoms with Gasteiger partial charge in [0.05, 0.1) is 5.69 Å². The van der Waals surface area contributed by atoms with E-state index in [-0.39, 0.29) is 17.7 Å². The van der Waals surface area contributed by atoms with Gasteiger partial charge >= 0.3 is 0 Å². The molecule has 0 radical (unpaired) electrons. The molecule has 0 bridgehead atoms. The number of benzene rings is 1. The number of amides is 2. The van der Waals surface area contributed by atoms with E-state index in [4.69, 9.17) is 0 Å². The van der Waals surface area contributed by atoms with Gasteiger partial charge in [-0.1, -0.05) is 41.9 Å². The Morgan fingerprint density at radius 1 is 1.22 bits per heavy atom. The normalized spacial score (nSPS) is 12.0. The largest absolute Gasteiger partial charge is 0.344 e. The van der Waals surface area contributed by atoms with Crippen molar-refractivity contribution in [2.24, 2.45) is 5.92 Å². The predicted octanol–water partition coefficient (Wildman–Crippen LogP) is 3.67. The summed E-state index contributed by atoms with van der Waals surface area (Å²) in [5.74, 6) is -0.495. The first kappa shape index (κ1) is 17.6. The van der Waals surface area contributed by atoms with Crippen molar-refractivity contribution >= 4 is 44.2 Å². The van der Waals surface area contributed by atoms with E-state index in [0.717, 1.165) is 15.7 Å². The van der Waals surface area contributed by atoms with Crippen molar-refractivity contribution in [3.63, 3.8) is 0 Å². The SMILES string of the molecule is CC(=O)N[C@H](C(=O)Nc1nc(-c2ccc(Br)cc2)cs1)C(C)C. The molecule has 122 valence electrons. The van der Waals surface area contributed by atoms with E-state index in [9.17, 15) is 9.59 Å². The lowest BCUT2D eigenvalue weighted by molar-refractivity contribution is -0.126. The van der Waals surface area contributed by atoms with Gasteiger partial charge < -0.3 is 10.6 Å². The fourth-order valence-corrected chi connectivity index (χ4v) is 3.01. The molecular formula is C16H18BrN3O2S. The molecule has 1 atom stereocenters. The second kappa shape index (κ2) is 7.70. The monoisotopic (exact) mass is 395 g/mol. The van der Waals surface area contributed by atoms with Crippen molar-refractivity contribution in [3.05, 3.63) is 34.1 Å². The Hall–Kier alpha value is -1.73. The molecule has 23 heavy (non-hydrogen) atoms. The van der Waals surface area contributed by atoms with Crippen LogP contribution >= 0.6 is 27.3 Å². The van der Waals surface area contributed by atoms with Crippen LogP contribution in [0.15, 0.2) is 34.1 Å². The highest BCUT2D eigenvalue weighted by Crippen LogP contribution is 2.26. The van der Waals surface area contributed by atoms with E-state index in [1.165, 1.54) is 18.3 Å². The third kappa shape index (κ3) is 4.87. The summed E-state index contributed by atoms with van der Waals surface area (Å²) < 4.78 is 1.00. The zero-order valence-corrected chi connectivity index (χ0v) is 15.5. The summed E-state index contributed by atoms with van der Waals surface area (Å²) in [4.78, 5) is 28.0. The van der Waals surface area contributed by atoms with Crippen LogP contribution in [-0.2, 0) is 9.59 Å². The Morgan fingerprint density at radius 2 is 1.87 bits per heavy atom. The molecule has 2 aromatic rings. The van der Waals surface area contributed by atoms with Crippen molar-refractivity contribution in [1.29, 1.82) is 0 Å². The minimum absolute atomic E-state index is 0.00944. The second-order valence-electron chi connectivity index (χ2n) is 5.46. The molecule has 0 spiro atoms. The highest BCUT2D eigenvalue weighted by atomic mass is 79.9. The molecule has 0 aliphatic heterocycles. The van der Waals surface area contributed by atoms with Crippen LogP contribution < -0.4 is 10.6 Å². The van der Waals surface area contributed by atoms with E-state index in [0.29, 0.717) is 5.13 Å². The second-order valence-corrected chi connectivity index (χ2v) is 7.23.